The van der Waals surface area contributed by atoms with Crippen LogP contribution in [0.25, 0.3) is 0 Å². The van der Waals surface area contributed by atoms with Gasteiger partial charge in [-0.1, -0.05) is 19.6 Å². The summed E-state index contributed by atoms with van der Waals surface area (Å²) in [5.41, 5.74) is 6.54. The molecular formula is C8H15NS. The van der Waals surface area contributed by atoms with Crippen LogP contribution in [0.15, 0.2) is 23.6 Å². The van der Waals surface area contributed by atoms with Crippen molar-refractivity contribution in [1.29, 1.82) is 0 Å². The fourth-order valence-electron chi connectivity index (χ4n) is 0.463. The highest BCUT2D eigenvalue weighted by molar-refractivity contribution is 8.02. The summed E-state index contributed by atoms with van der Waals surface area (Å²) in [5.74, 6) is 1.16. The molecule has 0 rings (SSSR count). The minimum Gasteiger partial charge on any atom is -0.326 e. The molecule has 0 unspecified atom stereocenters. The predicted molar refractivity (Wildman–Crippen MR) is 50.1 cm³/mol. The van der Waals surface area contributed by atoms with Crippen molar-refractivity contribution in [1.82, 2.24) is 0 Å². The van der Waals surface area contributed by atoms with E-state index in [9.17, 15) is 0 Å². The fourth-order valence-corrected chi connectivity index (χ4v) is 1.22. The first-order chi connectivity index (χ1) is 4.85. The van der Waals surface area contributed by atoms with Crippen molar-refractivity contribution in [2.45, 2.75) is 13.3 Å². The summed E-state index contributed by atoms with van der Waals surface area (Å²) in [5, 5.41) is 2.08. The maximum absolute atomic E-state index is 5.41. The average Bonchev–Trinajstić information content (AvgIpc) is 1.99. The van der Waals surface area contributed by atoms with Crippen molar-refractivity contribution in [3.05, 3.63) is 23.6 Å². The molecule has 0 bridgehead atoms. The first-order valence-electron chi connectivity index (χ1n) is 3.48. The monoisotopic (exact) mass is 157 g/mol. The zero-order chi connectivity index (χ0) is 7.82. The largest absolute Gasteiger partial charge is 0.326 e. The molecule has 0 fully saturated rings. The SMILES string of the molecule is C=C/C(=C\SCCC)CN. The molecular weight excluding hydrogens is 142 g/mol. The number of hydrogen-bond acceptors (Lipinski definition) is 2. The normalized spacial score (nSPS) is 11.6. The summed E-state index contributed by atoms with van der Waals surface area (Å²) >= 11 is 1.80. The summed E-state index contributed by atoms with van der Waals surface area (Å²) in [6.45, 7) is 6.41. The summed E-state index contributed by atoms with van der Waals surface area (Å²) in [6.07, 6.45) is 3.01. The van der Waals surface area contributed by atoms with Gasteiger partial charge in [0.2, 0.25) is 0 Å². The molecule has 0 saturated heterocycles. The van der Waals surface area contributed by atoms with E-state index in [4.69, 9.17) is 5.73 Å². The Morgan fingerprint density at radius 3 is 2.80 bits per heavy atom. The van der Waals surface area contributed by atoms with Gasteiger partial charge in [0.25, 0.3) is 0 Å². The fraction of sp³-hybridized carbons (Fsp3) is 0.500. The molecule has 58 valence electrons. The Morgan fingerprint density at radius 2 is 2.40 bits per heavy atom. The highest BCUT2D eigenvalue weighted by Gasteiger charge is 1.85. The third-order valence-electron chi connectivity index (χ3n) is 1.05. The molecule has 0 amide bonds. The minimum absolute atomic E-state index is 0.597. The lowest BCUT2D eigenvalue weighted by Crippen LogP contribution is -1.99. The van der Waals surface area contributed by atoms with Crippen LogP contribution in [0.3, 0.4) is 0 Å². The van der Waals surface area contributed by atoms with Gasteiger partial charge in [-0.2, -0.15) is 0 Å². The number of rotatable bonds is 5. The Bertz CT molecular complexity index is 118. The lowest BCUT2D eigenvalue weighted by Gasteiger charge is -1.94. The summed E-state index contributed by atoms with van der Waals surface area (Å²) in [6, 6.07) is 0. The lowest BCUT2D eigenvalue weighted by molar-refractivity contribution is 1.11. The first-order valence-corrected chi connectivity index (χ1v) is 4.53. The standard InChI is InChI=1S/C8H15NS/c1-3-5-10-7-8(4-2)6-9/h4,7H,2-3,5-6,9H2,1H3/b8-7+. The molecule has 0 saturated carbocycles. The van der Waals surface area contributed by atoms with Crippen LogP contribution < -0.4 is 5.73 Å². The Labute approximate surface area is 67.4 Å². The smallest absolute Gasteiger partial charge is 0.0183 e. The second kappa shape index (κ2) is 6.90. The van der Waals surface area contributed by atoms with E-state index in [2.05, 4.69) is 18.9 Å². The molecule has 0 aromatic rings. The van der Waals surface area contributed by atoms with Crippen molar-refractivity contribution in [2.24, 2.45) is 5.73 Å². The average molecular weight is 157 g/mol. The molecule has 10 heavy (non-hydrogen) atoms. The topological polar surface area (TPSA) is 26.0 Å². The van der Waals surface area contributed by atoms with Gasteiger partial charge >= 0.3 is 0 Å². The highest BCUT2D eigenvalue weighted by atomic mass is 32.2. The molecule has 0 spiro atoms. The molecule has 0 heterocycles. The van der Waals surface area contributed by atoms with Crippen LogP contribution in [0.5, 0.6) is 0 Å². The minimum atomic E-state index is 0.597. The van der Waals surface area contributed by atoms with Gasteiger partial charge in [-0.3, -0.25) is 0 Å². The van der Waals surface area contributed by atoms with Crippen molar-refractivity contribution >= 4 is 11.8 Å². The second-order valence-corrected chi connectivity index (χ2v) is 2.95. The third kappa shape index (κ3) is 4.65. The van der Waals surface area contributed by atoms with E-state index >= 15 is 0 Å². The van der Waals surface area contributed by atoms with Crippen molar-refractivity contribution < 1.29 is 0 Å². The molecule has 0 aliphatic heterocycles. The first kappa shape index (κ1) is 9.79. The summed E-state index contributed by atoms with van der Waals surface area (Å²) < 4.78 is 0. The van der Waals surface area contributed by atoms with E-state index in [1.165, 1.54) is 6.42 Å². The Morgan fingerprint density at radius 1 is 1.70 bits per heavy atom. The number of nitrogens with two attached hydrogens (primary N) is 1. The maximum Gasteiger partial charge on any atom is 0.0183 e. The van der Waals surface area contributed by atoms with E-state index in [1.807, 2.05) is 6.08 Å². The highest BCUT2D eigenvalue weighted by Crippen LogP contribution is 2.07. The zero-order valence-electron chi connectivity index (χ0n) is 6.47. The second-order valence-electron chi connectivity index (χ2n) is 1.97. The van der Waals surface area contributed by atoms with Crippen LogP contribution in [0.2, 0.25) is 0 Å². The van der Waals surface area contributed by atoms with Crippen LogP contribution in [0.4, 0.5) is 0 Å². The molecule has 1 nitrogen and oxygen atoms in total. The van der Waals surface area contributed by atoms with Gasteiger partial charge < -0.3 is 5.73 Å². The van der Waals surface area contributed by atoms with Crippen molar-refractivity contribution in [2.75, 3.05) is 12.3 Å². The summed E-state index contributed by atoms with van der Waals surface area (Å²) in [4.78, 5) is 0. The zero-order valence-corrected chi connectivity index (χ0v) is 7.29. The molecule has 0 aliphatic rings. The van der Waals surface area contributed by atoms with Crippen LogP contribution in [-0.2, 0) is 0 Å². The van der Waals surface area contributed by atoms with Gasteiger partial charge in [-0.25, -0.2) is 0 Å². The Hall–Kier alpha value is -0.210. The van der Waals surface area contributed by atoms with E-state index in [0.717, 1.165) is 11.3 Å². The molecule has 0 aliphatic carbocycles. The quantitative estimate of drug-likeness (QED) is 0.489. The molecule has 0 aromatic carbocycles. The maximum atomic E-state index is 5.41. The van der Waals surface area contributed by atoms with Gasteiger partial charge in [0, 0.05) is 6.54 Å². The van der Waals surface area contributed by atoms with Crippen molar-refractivity contribution in [3.8, 4) is 0 Å². The van der Waals surface area contributed by atoms with Gasteiger partial charge in [-0.05, 0) is 23.2 Å². The van der Waals surface area contributed by atoms with Gasteiger partial charge in [-0.15, -0.1) is 11.8 Å². The van der Waals surface area contributed by atoms with Gasteiger partial charge in [0.05, 0.1) is 0 Å². The van der Waals surface area contributed by atoms with E-state index in [-0.39, 0.29) is 0 Å². The van der Waals surface area contributed by atoms with E-state index < -0.39 is 0 Å². The molecule has 0 radical (unpaired) electrons. The lowest BCUT2D eigenvalue weighted by atomic mass is 10.3. The Balaban J connectivity index is 3.53. The van der Waals surface area contributed by atoms with Crippen LogP contribution in [0.1, 0.15) is 13.3 Å². The predicted octanol–water partition coefficient (Wildman–Crippen LogP) is 2.16. The third-order valence-corrected chi connectivity index (χ3v) is 2.17. The van der Waals surface area contributed by atoms with Crippen LogP contribution >= 0.6 is 11.8 Å². The number of hydrogen-bond donors (Lipinski definition) is 1. The molecule has 0 atom stereocenters. The number of thioether (sulfide) groups is 1. The van der Waals surface area contributed by atoms with Crippen LogP contribution in [0, 0.1) is 0 Å². The molecule has 2 N–H and O–H groups in total. The van der Waals surface area contributed by atoms with Gasteiger partial charge in [0.15, 0.2) is 0 Å². The van der Waals surface area contributed by atoms with E-state index in [0.29, 0.717) is 6.54 Å². The van der Waals surface area contributed by atoms with Crippen molar-refractivity contribution in [3.63, 3.8) is 0 Å². The summed E-state index contributed by atoms with van der Waals surface area (Å²) in [7, 11) is 0. The Kier molecular flexibility index (Phi) is 6.76. The van der Waals surface area contributed by atoms with E-state index in [1.54, 1.807) is 11.8 Å². The molecule has 0 aromatic heterocycles. The molecule has 2 heteroatoms. The van der Waals surface area contributed by atoms with Crippen LogP contribution in [-0.4, -0.2) is 12.3 Å². The van der Waals surface area contributed by atoms with Gasteiger partial charge in [0.1, 0.15) is 0 Å².